The molecule has 1 saturated heterocycles. The third-order valence-electron chi connectivity index (χ3n) is 7.39. The number of rotatable bonds is 7. The van der Waals surface area contributed by atoms with Gasteiger partial charge in [0.2, 0.25) is 11.8 Å². The number of benzene rings is 3. The molecule has 0 unspecified atom stereocenters. The Morgan fingerprint density at radius 1 is 0.955 bits per heavy atom. The number of halogens is 3. The molecule has 1 aromatic heterocycles. The quantitative estimate of drug-likeness (QED) is 0.246. The number of aromatic nitrogens is 2. The van der Waals surface area contributed by atoms with E-state index >= 15 is 0 Å². The van der Waals surface area contributed by atoms with Crippen LogP contribution in [-0.4, -0.2) is 55.1 Å². The fourth-order valence-corrected chi connectivity index (χ4v) is 5.13. The lowest BCUT2D eigenvalue weighted by Gasteiger charge is -2.29. The molecule has 0 radical (unpaired) electrons. The van der Waals surface area contributed by atoms with Gasteiger partial charge in [-0.25, -0.2) is 4.98 Å². The molecular weight excluding hydrogens is 575 g/mol. The summed E-state index contributed by atoms with van der Waals surface area (Å²) in [6.07, 6.45) is -3.33. The number of nitrogens with one attached hydrogen (secondary N) is 2. The van der Waals surface area contributed by atoms with Crippen LogP contribution < -0.4 is 25.0 Å². The van der Waals surface area contributed by atoms with Gasteiger partial charge in [-0.05, 0) is 86.0 Å². The highest BCUT2D eigenvalue weighted by Gasteiger charge is 2.31. The van der Waals surface area contributed by atoms with Gasteiger partial charge < -0.3 is 29.7 Å². The van der Waals surface area contributed by atoms with Crippen LogP contribution in [0.4, 0.5) is 36.2 Å². The van der Waals surface area contributed by atoms with Crippen LogP contribution in [0, 0.1) is 6.92 Å². The van der Waals surface area contributed by atoms with E-state index in [-0.39, 0.29) is 17.6 Å². The molecule has 0 bridgehead atoms. The van der Waals surface area contributed by atoms with Crippen LogP contribution in [0.25, 0.3) is 11.3 Å². The van der Waals surface area contributed by atoms with Gasteiger partial charge in [-0.1, -0.05) is 6.07 Å². The van der Waals surface area contributed by atoms with E-state index in [2.05, 4.69) is 30.2 Å². The van der Waals surface area contributed by atoms with Crippen LogP contribution in [0.5, 0.6) is 11.6 Å². The van der Waals surface area contributed by atoms with Gasteiger partial charge in [-0.3, -0.25) is 4.79 Å². The number of nitrogens with zero attached hydrogens (tertiary/aromatic N) is 3. The number of hydrogen-bond acceptors (Lipinski definition) is 8. The van der Waals surface area contributed by atoms with Crippen LogP contribution in [0.15, 0.2) is 66.7 Å². The Bertz CT molecular complexity index is 1640. The Morgan fingerprint density at radius 3 is 2.43 bits per heavy atom. The first kappa shape index (κ1) is 29.2. The van der Waals surface area contributed by atoms with Gasteiger partial charge in [0.15, 0.2) is 0 Å². The van der Waals surface area contributed by atoms with Crippen molar-refractivity contribution < 1.29 is 32.2 Å². The zero-order valence-corrected chi connectivity index (χ0v) is 23.9. The summed E-state index contributed by atoms with van der Waals surface area (Å²) in [6.45, 7) is 5.40. The molecule has 3 heterocycles. The normalized spacial score (nSPS) is 14.8. The van der Waals surface area contributed by atoms with Crippen LogP contribution in [-0.2, 0) is 11.2 Å². The number of fused-ring (bicyclic) bond motifs is 1. The molecule has 3 aromatic carbocycles. The van der Waals surface area contributed by atoms with Crippen molar-refractivity contribution in [3.8, 4) is 22.9 Å². The topological polar surface area (TPSA) is 97.8 Å². The lowest BCUT2D eigenvalue weighted by Crippen LogP contribution is -2.36. The molecule has 2 N–H and O–H groups in total. The molecule has 228 valence electrons. The van der Waals surface area contributed by atoms with Crippen LogP contribution in [0.2, 0.25) is 0 Å². The van der Waals surface area contributed by atoms with E-state index in [4.69, 9.17) is 9.47 Å². The number of carbonyl (C=O) groups excluding carboxylic acids is 1. The molecule has 2 aliphatic rings. The molecule has 4 aromatic rings. The first-order chi connectivity index (χ1) is 21.2. The van der Waals surface area contributed by atoms with Gasteiger partial charge in [0.05, 0.1) is 25.5 Å². The number of aryl methyl sites for hydroxylation is 1. The predicted octanol–water partition coefficient (Wildman–Crippen LogP) is 6.51. The monoisotopic (exact) mass is 605 g/mol. The molecule has 6 rings (SSSR count). The Balaban J connectivity index is 1.18. The molecule has 0 atom stereocenters. The van der Waals surface area contributed by atoms with Crippen molar-refractivity contribution in [2.24, 2.45) is 0 Å². The average molecular weight is 606 g/mol. The lowest BCUT2D eigenvalue weighted by molar-refractivity contribution is -0.274. The number of alkyl halides is 3. The van der Waals surface area contributed by atoms with Gasteiger partial charge in [0.25, 0.3) is 5.91 Å². The minimum Gasteiger partial charge on any atom is -0.477 e. The first-order valence-electron chi connectivity index (χ1n) is 14.2. The maximum absolute atomic E-state index is 13.1. The minimum atomic E-state index is -4.77. The summed E-state index contributed by atoms with van der Waals surface area (Å²) < 4.78 is 53.1. The number of amides is 1. The van der Waals surface area contributed by atoms with Crippen molar-refractivity contribution in [3.05, 3.63) is 83.4 Å². The smallest absolute Gasteiger partial charge is 0.477 e. The largest absolute Gasteiger partial charge is 0.573 e. The van der Waals surface area contributed by atoms with E-state index in [0.29, 0.717) is 54.6 Å². The van der Waals surface area contributed by atoms with E-state index in [1.54, 1.807) is 24.3 Å². The highest BCUT2D eigenvalue weighted by atomic mass is 19.4. The number of morpholine rings is 1. The summed E-state index contributed by atoms with van der Waals surface area (Å²) in [7, 11) is 0. The second kappa shape index (κ2) is 12.4. The van der Waals surface area contributed by atoms with Crippen molar-refractivity contribution in [1.82, 2.24) is 9.97 Å². The number of carbonyl (C=O) groups is 1. The summed E-state index contributed by atoms with van der Waals surface area (Å²) in [6, 6.07) is 18.5. The number of hydrogen-bond donors (Lipinski definition) is 2. The van der Waals surface area contributed by atoms with Crippen molar-refractivity contribution in [2.45, 2.75) is 26.1 Å². The van der Waals surface area contributed by atoms with Gasteiger partial charge >= 0.3 is 6.36 Å². The Morgan fingerprint density at radius 2 is 1.70 bits per heavy atom. The lowest BCUT2D eigenvalue weighted by atomic mass is 10.0. The molecular formula is C32H30F3N5O4. The average Bonchev–Trinajstić information content (AvgIpc) is 3.02. The summed E-state index contributed by atoms with van der Waals surface area (Å²) in [5.74, 6) is 0.120. The second-order valence-electron chi connectivity index (χ2n) is 10.5. The van der Waals surface area contributed by atoms with E-state index in [0.717, 1.165) is 42.0 Å². The molecule has 2 aliphatic heterocycles. The Kier molecular flexibility index (Phi) is 8.25. The van der Waals surface area contributed by atoms with Gasteiger partial charge in [0, 0.05) is 46.8 Å². The summed E-state index contributed by atoms with van der Waals surface area (Å²) in [4.78, 5) is 24.5. The third kappa shape index (κ3) is 6.86. The van der Waals surface area contributed by atoms with Crippen molar-refractivity contribution in [3.63, 3.8) is 0 Å². The van der Waals surface area contributed by atoms with Gasteiger partial charge in [-0.15, -0.1) is 13.2 Å². The summed E-state index contributed by atoms with van der Waals surface area (Å²) in [5, 5.41) is 6.17. The molecule has 12 heteroatoms. The Hall–Kier alpha value is -4.84. The van der Waals surface area contributed by atoms with Crippen LogP contribution in [0.3, 0.4) is 0 Å². The van der Waals surface area contributed by atoms with Crippen LogP contribution >= 0.6 is 0 Å². The molecule has 9 nitrogen and oxygen atoms in total. The highest BCUT2D eigenvalue weighted by molar-refractivity contribution is 6.05. The van der Waals surface area contributed by atoms with Gasteiger partial charge in [-0.2, -0.15) is 4.98 Å². The molecule has 1 fully saturated rings. The van der Waals surface area contributed by atoms with Crippen LogP contribution in [0.1, 0.15) is 27.9 Å². The second-order valence-corrected chi connectivity index (χ2v) is 10.5. The van der Waals surface area contributed by atoms with E-state index < -0.39 is 6.36 Å². The SMILES string of the molecule is Cc1ccc(N2CCOCC2)cc1NC(=O)c1ccc(Nc2nc3c(c(-c4ccc(OC(F)(F)F)cc4)n2)CCCO3)cc1. The zero-order valence-electron chi connectivity index (χ0n) is 23.9. The van der Waals surface area contributed by atoms with E-state index in [1.165, 1.54) is 24.3 Å². The van der Waals surface area contributed by atoms with E-state index in [9.17, 15) is 18.0 Å². The summed E-state index contributed by atoms with van der Waals surface area (Å²) >= 11 is 0. The van der Waals surface area contributed by atoms with Gasteiger partial charge in [0.1, 0.15) is 5.75 Å². The third-order valence-corrected chi connectivity index (χ3v) is 7.39. The Labute approximate surface area is 252 Å². The van der Waals surface area contributed by atoms with Crippen molar-refractivity contribution >= 4 is 28.9 Å². The molecule has 0 saturated carbocycles. The predicted molar refractivity (Wildman–Crippen MR) is 160 cm³/mol. The fourth-order valence-electron chi connectivity index (χ4n) is 5.13. The maximum atomic E-state index is 13.1. The molecule has 0 spiro atoms. The number of ether oxygens (including phenoxy) is 3. The standard InChI is InChI=1S/C32H30F3N5O4/c1-20-4-11-24(40-14-17-42-18-15-40)19-27(20)37-29(41)22-5-9-23(10-6-22)36-31-38-28(26-3-2-16-43-30(26)39-31)21-7-12-25(13-8-21)44-32(33,34)35/h4-13,19H,2-3,14-18H2,1H3,(H,37,41)(H,36,38,39). The minimum absolute atomic E-state index is 0.238. The molecule has 0 aliphatic carbocycles. The molecule has 44 heavy (non-hydrogen) atoms. The molecule has 1 amide bonds. The van der Waals surface area contributed by atoms with Crippen molar-refractivity contribution in [2.75, 3.05) is 48.4 Å². The first-order valence-corrected chi connectivity index (χ1v) is 14.2. The summed E-state index contributed by atoms with van der Waals surface area (Å²) in [5.41, 5.74) is 5.80. The number of anilines is 4. The van der Waals surface area contributed by atoms with E-state index in [1.807, 2.05) is 25.1 Å². The highest BCUT2D eigenvalue weighted by Crippen LogP contribution is 2.35. The maximum Gasteiger partial charge on any atom is 0.573 e. The fraction of sp³-hybridized carbons (Fsp3) is 0.281. The zero-order chi connectivity index (χ0) is 30.7. The van der Waals surface area contributed by atoms with Crippen molar-refractivity contribution in [1.29, 1.82) is 0 Å².